The van der Waals surface area contributed by atoms with Crippen LogP contribution in [0.25, 0.3) is 0 Å². The van der Waals surface area contributed by atoms with Crippen LogP contribution in [-0.4, -0.2) is 44.4 Å². The van der Waals surface area contributed by atoms with Crippen molar-refractivity contribution in [2.75, 3.05) is 33.4 Å². The monoisotopic (exact) mass is 327 g/mol. The highest BCUT2D eigenvalue weighted by Crippen LogP contribution is 2.17. The lowest BCUT2D eigenvalue weighted by Gasteiger charge is -2.27. The van der Waals surface area contributed by atoms with Crippen LogP contribution in [0.3, 0.4) is 0 Å². The van der Waals surface area contributed by atoms with Gasteiger partial charge in [0.2, 0.25) is 0 Å². The lowest BCUT2D eigenvalue weighted by atomic mass is 10.1. The van der Waals surface area contributed by atoms with Crippen molar-refractivity contribution in [3.05, 3.63) is 28.7 Å². The van der Waals surface area contributed by atoms with E-state index in [0.717, 1.165) is 29.9 Å². The number of hydrogen-bond acceptors (Lipinski definition) is 3. The molecule has 0 saturated carbocycles. The molecule has 0 aliphatic carbocycles. The van der Waals surface area contributed by atoms with E-state index in [2.05, 4.69) is 27.9 Å². The van der Waals surface area contributed by atoms with Gasteiger partial charge in [-0.1, -0.05) is 22.0 Å². The van der Waals surface area contributed by atoms with Crippen molar-refractivity contribution in [3.8, 4) is 5.75 Å². The Hall–Kier alpha value is -0.580. The SMILES string of the molecule is CN(CCOc1cccc(Br)c1)CC1CCCCO1. The zero-order valence-corrected chi connectivity index (χ0v) is 13.1. The molecule has 1 fully saturated rings. The van der Waals surface area contributed by atoms with Gasteiger partial charge in [0.1, 0.15) is 12.4 Å². The first-order chi connectivity index (χ1) is 9.24. The zero-order valence-electron chi connectivity index (χ0n) is 11.5. The van der Waals surface area contributed by atoms with E-state index < -0.39 is 0 Å². The maximum atomic E-state index is 5.74. The normalized spacial score (nSPS) is 19.6. The van der Waals surface area contributed by atoms with Gasteiger partial charge >= 0.3 is 0 Å². The van der Waals surface area contributed by atoms with E-state index in [1.807, 2.05) is 24.3 Å². The molecule has 0 N–H and O–H groups in total. The van der Waals surface area contributed by atoms with E-state index in [9.17, 15) is 0 Å². The smallest absolute Gasteiger partial charge is 0.120 e. The molecule has 1 atom stereocenters. The molecule has 2 rings (SSSR count). The van der Waals surface area contributed by atoms with Crippen molar-refractivity contribution in [1.82, 2.24) is 4.90 Å². The Morgan fingerprint density at radius 3 is 3.05 bits per heavy atom. The number of rotatable bonds is 6. The zero-order chi connectivity index (χ0) is 13.5. The van der Waals surface area contributed by atoms with Crippen molar-refractivity contribution >= 4 is 15.9 Å². The predicted molar refractivity (Wildman–Crippen MR) is 80.7 cm³/mol. The fourth-order valence-corrected chi connectivity index (χ4v) is 2.64. The van der Waals surface area contributed by atoms with Gasteiger partial charge in [-0.15, -0.1) is 0 Å². The van der Waals surface area contributed by atoms with Crippen LogP contribution in [0.5, 0.6) is 5.75 Å². The summed E-state index contributed by atoms with van der Waals surface area (Å²) in [6.45, 7) is 3.56. The molecule has 0 bridgehead atoms. The van der Waals surface area contributed by atoms with Crippen molar-refractivity contribution in [1.29, 1.82) is 0 Å². The van der Waals surface area contributed by atoms with Gasteiger partial charge in [-0.25, -0.2) is 0 Å². The minimum absolute atomic E-state index is 0.407. The predicted octanol–water partition coefficient (Wildman–Crippen LogP) is 3.33. The average molecular weight is 328 g/mol. The van der Waals surface area contributed by atoms with Gasteiger partial charge in [0.05, 0.1) is 6.10 Å². The molecule has 0 amide bonds. The van der Waals surface area contributed by atoms with Gasteiger partial charge in [0, 0.05) is 24.2 Å². The highest BCUT2D eigenvalue weighted by molar-refractivity contribution is 9.10. The molecular formula is C15H22BrNO2. The molecule has 3 nitrogen and oxygen atoms in total. The van der Waals surface area contributed by atoms with Crippen LogP contribution in [-0.2, 0) is 4.74 Å². The summed E-state index contributed by atoms with van der Waals surface area (Å²) < 4.78 is 12.5. The summed E-state index contributed by atoms with van der Waals surface area (Å²) in [6.07, 6.45) is 4.11. The van der Waals surface area contributed by atoms with Crippen LogP contribution in [0.1, 0.15) is 19.3 Å². The lowest BCUT2D eigenvalue weighted by Crippen LogP contribution is -2.35. The Bertz CT molecular complexity index is 380. The largest absolute Gasteiger partial charge is 0.492 e. The maximum Gasteiger partial charge on any atom is 0.120 e. The third kappa shape index (κ3) is 5.51. The minimum Gasteiger partial charge on any atom is -0.492 e. The van der Waals surface area contributed by atoms with E-state index in [-0.39, 0.29) is 0 Å². The molecule has 1 aliphatic heterocycles. The van der Waals surface area contributed by atoms with Crippen molar-refractivity contribution in [3.63, 3.8) is 0 Å². The second-order valence-electron chi connectivity index (χ2n) is 5.06. The van der Waals surface area contributed by atoms with Crippen LogP contribution in [0.15, 0.2) is 28.7 Å². The average Bonchev–Trinajstić information content (AvgIpc) is 2.40. The van der Waals surface area contributed by atoms with E-state index in [1.165, 1.54) is 19.3 Å². The Morgan fingerprint density at radius 2 is 2.32 bits per heavy atom. The first-order valence-corrected chi connectivity index (χ1v) is 7.72. The fourth-order valence-electron chi connectivity index (χ4n) is 2.27. The van der Waals surface area contributed by atoms with Crippen molar-refractivity contribution in [2.45, 2.75) is 25.4 Å². The van der Waals surface area contributed by atoms with Gasteiger partial charge in [-0.05, 0) is 44.5 Å². The fraction of sp³-hybridized carbons (Fsp3) is 0.600. The molecule has 0 aromatic heterocycles. The summed E-state index contributed by atoms with van der Waals surface area (Å²) >= 11 is 3.44. The van der Waals surface area contributed by atoms with Gasteiger partial charge in [0.15, 0.2) is 0 Å². The molecule has 1 saturated heterocycles. The number of benzene rings is 1. The first kappa shape index (κ1) is 14.8. The summed E-state index contributed by atoms with van der Waals surface area (Å²) in [5, 5.41) is 0. The van der Waals surface area contributed by atoms with Gasteiger partial charge in [-0.2, -0.15) is 0 Å². The summed E-state index contributed by atoms with van der Waals surface area (Å²) in [5.74, 6) is 0.914. The second-order valence-corrected chi connectivity index (χ2v) is 5.97. The standard InChI is InChI=1S/C15H22BrNO2/c1-17(12-15-6-2-3-9-18-15)8-10-19-14-7-4-5-13(16)11-14/h4-5,7,11,15H,2-3,6,8-10,12H2,1H3. The second kappa shape index (κ2) is 7.88. The number of likely N-dealkylation sites (N-methyl/N-ethyl adjacent to an activating group) is 1. The highest BCUT2D eigenvalue weighted by Gasteiger charge is 2.15. The molecule has 106 valence electrons. The van der Waals surface area contributed by atoms with Crippen LogP contribution in [0.2, 0.25) is 0 Å². The van der Waals surface area contributed by atoms with E-state index >= 15 is 0 Å². The number of hydrogen-bond donors (Lipinski definition) is 0. The summed E-state index contributed by atoms with van der Waals surface area (Å²) in [5.41, 5.74) is 0. The molecule has 1 aliphatic rings. The number of halogens is 1. The Labute approximate surface area is 124 Å². The van der Waals surface area contributed by atoms with E-state index in [1.54, 1.807) is 0 Å². The van der Waals surface area contributed by atoms with Crippen molar-refractivity contribution < 1.29 is 9.47 Å². The lowest BCUT2D eigenvalue weighted by molar-refractivity contribution is -0.00282. The summed E-state index contributed by atoms with van der Waals surface area (Å²) in [6, 6.07) is 7.96. The highest BCUT2D eigenvalue weighted by atomic mass is 79.9. The molecule has 19 heavy (non-hydrogen) atoms. The minimum atomic E-state index is 0.407. The molecule has 0 radical (unpaired) electrons. The molecule has 0 spiro atoms. The van der Waals surface area contributed by atoms with Crippen LogP contribution >= 0.6 is 15.9 Å². The molecule has 1 aromatic carbocycles. The summed E-state index contributed by atoms with van der Waals surface area (Å²) in [4.78, 5) is 2.29. The first-order valence-electron chi connectivity index (χ1n) is 6.92. The maximum absolute atomic E-state index is 5.74. The molecular weight excluding hydrogens is 306 g/mol. The van der Waals surface area contributed by atoms with Gasteiger partial charge < -0.3 is 14.4 Å². The van der Waals surface area contributed by atoms with Gasteiger partial charge in [-0.3, -0.25) is 0 Å². The topological polar surface area (TPSA) is 21.7 Å². The molecule has 1 unspecified atom stereocenters. The number of nitrogens with zero attached hydrogens (tertiary/aromatic N) is 1. The van der Waals surface area contributed by atoms with E-state index in [0.29, 0.717) is 12.7 Å². The third-order valence-electron chi connectivity index (χ3n) is 3.33. The Balaban J connectivity index is 1.64. The molecule has 1 aromatic rings. The number of ether oxygens (including phenoxy) is 2. The Morgan fingerprint density at radius 1 is 1.42 bits per heavy atom. The third-order valence-corrected chi connectivity index (χ3v) is 3.82. The van der Waals surface area contributed by atoms with E-state index in [4.69, 9.17) is 9.47 Å². The van der Waals surface area contributed by atoms with Crippen LogP contribution < -0.4 is 4.74 Å². The molecule has 1 heterocycles. The Kier molecular flexibility index (Phi) is 6.14. The van der Waals surface area contributed by atoms with Gasteiger partial charge in [0.25, 0.3) is 0 Å². The molecule has 4 heteroatoms. The summed E-state index contributed by atoms with van der Waals surface area (Å²) in [7, 11) is 2.13. The van der Waals surface area contributed by atoms with Crippen LogP contribution in [0.4, 0.5) is 0 Å². The van der Waals surface area contributed by atoms with Crippen molar-refractivity contribution in [2.24, 2.45) is 0 Å². The quantitative estimate of drug-likeness (QED) is 0.800. The van der Waals surface area contributed by atoms with Crippen LogP contribution in [0, 0.1) is 0 Å².